The lowest BCUT2D eigenvalue weighted by Gasteiger charge is -2.12. The number of rotatable bonds is 6. The number of carbonyl (C=O) groups is 2. The maximum absolute atomic E-state index is 12.3. The Morgan fingerprint density at radius 1 is 1.00 bits per heavy atom. The molecule has 26 heavy (non-hydrogen) atoms. The number of amides is 2. The van der Waals surface area contributed by atoms with E-state index < -0.39 is 11.8 Å². The van der Waals surface area contributed by atoms with Gasteiger partial charge in [-0.15, -0.1) is 0 Å². The van der Waals surface area contributed by atoms with Crippen LogP contribution in [0.4, 0.5) is 0 Å². The highest BCUT2D eigenvalue weighted by Gasteiger charge is 2.14. The van der Waals surface area contributed by atoms with Crippen LogP contribution in [-0.4, -0.2) is 25.0 Å². The number of nitrogens with one attached hydrogen (secondary N) is 2. The Balaban J connectivity index is 1.91. The van der Waals surface area contributed by atoms with Crippen molar-refractivity contribution < 1.29 is 19.1 Å². The Kier molecular flexibility index (Phi) is 7.74. The molecule has 0 aliphatic heterocycles. The number of hydrazine groups is 1. The lowest BCUT2D eigenvalue weighted by molar-refractivity contribution is -0.123. The molecule has 9 heteroatoms. The number of carbonyl (C=O) groups excluding carboxylic acids is 2. The summed E-state index contributed by atoms with van der Waals surface area (Å²) >= 11 is 12.6. The minimum Gasteiger partial charge on any atom is -0.493 e. The molecule has 2 rings (SSSR count). The fourth-order valence-electron chi connectivity index (χ4n) is 1.93. The van der Waals surface area contributed by atoms with Crippen LogP contribution in [-0.2, 0) is 4.79 Å². The molecule has 2 amide bonds. The van der Waals surface area contributed by atoms with Crippen molar-refractivity contribution in [1.29, 1.82) is 0 Å². The Morgan fingerprint density at radius 3 is 2.31 bits per heavy atom. The van der Waals surface area contributed by atoms with Gasteiger partial charge in [-0.2, -0.15) is 0 Å². The molecule has 0 atom stereocenters. The molecule has 0 radical (unpaired) electrons. The molecule has 0 heterocycles. The van der Waals surface area contributed by atoms with E-state index in [1.54, 1.807) is 36.4 Å². The van der Waals surface area contributed by atoms with Crippen LogP contribution in [0, 0.1) is 0 Å². The van der Waals surface area contributed by atoms with Crippen LogP contribution in [0.1, 0.15) is 17.3 Å². The van der Waals surface area contributed by atoms with Gasteiger partial charge in [-0.25, -0.2) is 0 Å². The molecule has 0 spiro atoms. The number of hydrogen-bond donors (Lipinski definition) is 2. The zero-order chi connectivity index (χ0) is 19.1. The van der Waals surface area contributed by atoms with Crippen molar-refractivity contribution in [2.24, 2.45) is 0 Å². The molecule has 0 fully saturated rings. The smallest absolute Gasteiger partial charge is 0.276 e. The third kappa shape index (κ3) is 5.89. The van der Waals surface area contributed by atoms with E-state index in [0.717, 1.165) is 4.47 Å². The van der Waals surface area contributed by atoms with Crippen LogP contribution < -0.4 is 20.3 Å². The topological polar surface area (TPSA) is 76.7 Å². The van der Waals surface area contributed by atoms with Gasteiger partial charge < -0.3 is 9.47 Å². The maximum Gasteiger partial charge on any atom is 0.276 e. The van der Waals surface area contributed by atoms with E-state index in [1.807, 2.05) is 6.92 Å². The Bertz CT molecular complexity index is 817. The van der Waals surface area contributed by atoms with Crippen molar-refractivity contribution >= 4 is 55.3 Å². The first kappa shape index (κ1) is 20.5. The van der Waals surface area contributed by atoms with E-state index in [1.165, 1.54) is 0 Å². The van der Waals surface area contributed by atoms with Gasteiger partial charge in [0.2, 0.25) is 0 Å². The lowest BCUT2D eigenvalue weighted by Crippen LogP contribution is -2.44. The summed E-state index contributed by atoms with van der Waals surface area (Å²) in [6.07, 6.45) is 0. The Morgan fingerprint density at radius 2 is 1.65 bits per heavy atom. The highest BCUT2D eigenvalue weighted by Crippen LogP contribution is 2.27. The standard InChI is InChI=1S/C17H15Br2ClN2O4/c1-2-25-14-5-3-10(18)7-12(14)17(24)22-21-16(23)9-26-15-6-4-11(19)8-13(15)20/h3-8H,2,9H2,1H3,(H,21,23)(H,22,24). The van der Waals surface area contributed by atoms with Gasteiger partial charge >= 0.3 is 0 Å². The number of hydrogen-bond acceptors (Lipinski definition) is 4. The first-order valence-corrected chi connectivity index (χ1v) is 9.46. The normalized spacial score (nSPS) is 10.2. The van der Waals surface area contributed by atoms with Crippen LogP contribution >= 0.6 is 43.5 Å². The van der Waals surface area contributed by atoms with Gasteiger partial charge in [0, 0.05) is 8.95 Å². The lowest BCUT2D eigenvalue weighted by atomic mass is 10.2. The van der Waals surface area contributed by atoms with Gasteiger partial charge in [0.05, 0.1) is 17.2 Å². The molecule has 138 valence electrons. The molecule has 0 saturated carbocycles. The van der Waals surface area contributed by atoms with Crippen LogP contribution in [0.3, 0.4) is 0 Å². The van der Waals surface area contributed by atoms with Gasteiger partial charge in [-0.3, -0.25) is 20.4 Å². The summed E-state index contributed by atoms with van der Waals surface area (Å²) in [7, 11) is 0. The van der Waals surface area contributed by atoms with E-state index in [9.17, 15) is 9.59 Å². The average molecular weight is 507 g/mol. The van der Waals surface area contributed by atoms with Crippen LogP contribution in [0.15, 0.2) is 45.3 Å². The predicted octanol–water partition coefficient (Wildman–Crippen LogP) is 4.10. The summed E-state index contributed by atoms with van der Waals surface area (Å²) in [5.74, 6) is -0.266. The largest absolute Gasteiger partial charge is 0.493 e. The quantitative estimate of drug-likeness (QED) is 0.579. The third-order valence-corrected chi connectivity index (χ3v) is 4.34. The van der Waals surface area contributed by atoms with Gasteiger partial charge in [0.15, 0.2) is 6.61 Å². The molecule has 0 aliphatic rings. The second-order valence-electron chi connectivity index (χ2n) is 4.94. The van der Waals surface area contributed by atoms with Crippen molar-refractivity contribution in [2.75, 3.05) is 13.2 Å². The van der Waals surface area contributed by atoms with Gasteiger partial charge in [-0.1, -0.05) is 43.5 Å². The highest BCUT2D eigenvalue weighted by molar-refractivity contribution is 9.10. The molecular weight excluding hydrogens is 491 g/mol. The van der Waals surface area contributed by atoms with Gasteiger partial charge in [0.1, 0.15) is 11.5 Å². The first-order valence-electron chi connectivity index (χ1n) is 7.50. The summed E-state index contributed by atoms with van der Waals surface area (Å²) in [5, 5.41) is 0.367. The zero-order valence-electron chi connectivity index (χ0n) is 13.6. The Labute approximate surface area is 172 Å². The maximum atomic E-state index is 12.3. The molecule has 2 aromatic carbocycles. The molecule has 2 aromatic rings. The predicted molar refractivity (Wildman–Crippen MR) is 106 cm³/mol. The summed E-state index contributed by atoms with van der Waals surface area (Å²) < 4.78 is 12.2. The van der Waals surface area contributed by atoms with E-state index >= 15 is 0 Å². The SMILES string of the molecule is CCOc1ccc(Br)cc1C(=O)NNC(=O)COc1ccc(Br)cc1Cl. The van der Waals surface area contributed by atoms with Crippen molar-refractivity contribution in [2.45, 2.75) is 6.92 Å². The highest BCUT2D eigenvalue weighted by atomic mass is 79.9. The van der Waals surface area contributed by atoms with Gasteiger partial charge in [-0.05, 0) is 43.3 Å². The number of halogens is 3. The second kappa shape index (κ2) is 9.80. The molecule has 0 aliphatic carbocycles. The van der Waals surface area contributed by atoms with Crippen molar-refractivity contribution in [3.05, 3.63) is 55.9 Å². The minimum atomic E-state index is -0.537. The van der Waals surface area contributed by atoms with Gasteiger partial charge in [0.25, 0.3) is 11.8 Å². The van der Waals surface area contributed by atoms with E-state index in [2.05, 4.69) is 42.7 Å². The summed E-state index contributed by atoms with van der Waals surface area (Å²) in [6.45, 7) is 1.92. The van der Waals surface area contributed by atoms with Crippen LogP contribution in [0.5, 0.6) is 11.5 Å². The minimum absolute atomic E-state index is 0.290. The zero-order valence-corrected chi connectivity index (χ0v) is 17.6. The monoisotopic (exact) mass is 504 g/mol. The van der Waals surface area contributed by atoms with E-state index in [0.29, 0.717) is 33.2 Å². The summed E-state index contributed by atoms with van der Waals surface area (Å²) in [5.41, 5.74) is 4.90. The van der Waals surface area contributed by atoms with Crippen molar-refractivity contribution in [3.8, 4) is 11.5 Å². The number of ether oxygens (including phenoxy) is 2. The molecular formula is C17H15Br2ClN2O4. The number of benzene rings is 2. The summed E-state index contributed by atoms with van der Waals surface area (Å²) in [6, 6.07) is 10.1. The Hall–Kier alpha value is -1.77. The van der Waals surface area contributed by atoms with E-state index in [4.69, 9.17) is 21.1 Å². The van der Waals surface area contributed by atoms with Crippen LogP contribution in [0.2, 0.25) is 5.02 Å². The fourth-order valence-corrected chi connectivity index (χ4v) is 3.02. The van der Waals surface area contributed by atoms with Crippen LogP contribution in [0.25, 0.3) is 0 Å². The van der Waals surface area contributed by atoms with Crippen molar-refractivity contribution in [1.82, 2.24) is 10.9 Å². The molecule has 2 N–H and O–H groups in total. The van der Waals surface area contributed by atoms with E-state index in [-0.39, 0.29) is 6.61 Å². The molecule has 0 saturated heterocycles. The molecule has 0 aromatic heterocycles. The van der Waals surface area contributed by atoms with Crippen molar-refractivity contribution in [3.63, 3.8) is 0 Å². The average Bonchev–Trinajstić information content (AvgIpc) is 2.60. The second-order valence-corrected chi connectivity index (χ2v) is 7.18. The molecule has 0 unspecified atom stereocenters. The first-order chi connectivity index (χ1) is 12.4. The fraction of sp³-hybridized carbons (Fsp3) is 0.176. The third-order valence-electron chi connectivity index (χ3n) is 3.05. The summed E-state index contributed by atoms with van der Waals surface area (Å²) in [4.78, 5) is 24.1. The molecule has 0 bridgehead atoms. The molecule has 6 nitrogen and oxygen atoms in total.